The first-order valence-electron chi connectivity index (χ1n) is 9.85. The minimum atomic E-state index is -0.0132. The van der Waals surface area contributed by atoms with E-state index in [-0.39, 0.29) is 12.5 Å². The molecule has 0 spiro atoms. The fourth-order valence-corrected chi connectivity index (χ4v) is 3.01. The number of carbonyl (C=O) groups excluding carboxylic acids is 1. The number of nitrogens with zero attached hydrogens (tertiary/aromatic N) is 2. The number of anilines is 1. The Labute approximate surface area is 170 Å². The number of guanidine groups is 1. The van der Waals surface area contributed by atoms with Gasteiger partial charge in [-0.15, -0.1) is 0 Å². The number of hydrogen-bond donors (Lipinski definition) is 2. The molecule has 0 atom stereocenters. The molecule has 1 aliphatic rings. The molecular weight excluding hydrogens is 372 g/mol. The Balaban J connectivity index is 1.29. The average Bonchev–Trinajstić information content (AvgIpc) is 3.26. The largest absolute Gasteiger partial charge is 0.482 e. The first-order chi connectivity index (χ1) is 14.3. The standard InChI is InChI=1S/C21H28N4O4/c1-22-21(24-11-6-13-27-15-17-7-4-14-28-17)23-10-5-12-25-18-8-2-3-9-19(18)29-16-20(25)26/h2-4,7-9,14H,5-6,10-13,15-16H2,1H3,(H2,22,23,24). The molecule has 1 amide bonds. The lowest BCUT2D eigenvalue weighted by Gasteiger charge is -2.29. The lowest BCUT2D eigenvalue weighted by atomic mass is 10.2. The second-order valence-electron chi connectivity index (χ2n) is 6.57. The summed E-state index contributed by atoms with van der Waals surface area (Å²) in [7, 11) is 1.74. The van der Waals surface area contributed by atoms with Crippen LogP contribution in [0, 0.1) is 0 Å². The minimum Gasteiger partial charge on any atom is -0.482 e. The van der Waals surface area contributed by atoms with Gasteiger partial charge in [0.25, 0.3) is 5.91 Å². The van der Waals surface area contributed by atoms with Crippen molar-refractivity contribution in [1.82, 2.24) is 10.6 Å². The third kappa shape index (κ3) is 6.25. The number of carbonyl (C=O) groups is 1. The van der Waals surface area contributed by atoms with Gasteiger partial charge in [0.2, 0.25) is 0 Å². The molecule has 2 heterocycles. The first-order valence-corrected chi connectivity index (χ1v) is 9.85. The Morgan fingerprint density at radius 3 is 2.79 bits per heavy atom. The number of ether oxygens (including phenoxy) is 2. The van der Waals surface area contributed by atoms with Crippen LogP contribution in [0.2, 0.25) is 0 Å². The molecule has 0 aliphatic carbocycles. The number of para-hydroxylation sites is 2. The van der Waals surface area contributed by atoms with Crippen molar-refractivity contribution in [3.63, 3.8) is 0 Å². The molecule has 3 rings (SSSR count). The maximum Gasteiger partial charge on any atom is 0.265 e. The molecule has 29 heavy (non-hydrogen) atoms. The molecule has 2 N–H and O–H groups in total. The molecule has 0 bridgehead atoms. The average molecular weight is 400 g/mol. The summed E-state index contributed by atoms with van der Waals surface area (Å²) in [5, 5.41) is 6.54. The smallest absolute Gasteiger partial charge is 0.265 e. The van der Waals surface area contributed by atoms with Crippen LogP contribution < -0.4 is 20.3 Å². The van der Waals surface area contributed by atoms with Gasteiger partial charge in [-0.05, 0) is 37.1 Å². The third-order valence-corrected chi connectivity index (χ3v) is 4.47. The molecule has 0 radical (unpaired) electrons. The summed E-state index contributed by atoms with van der Waals surface area (Å²) < 4.78 is 16.2. The molecule has 8 nitrogen and oxygen atoms in total. The van der Waals surface area contributed by atoms with Crippen LogP contribution in [0.3, 0.4) is 0 Å². The van der Waals surface area contributed by atoms with Crippen LogP contribution in [-0.4, -0.2) is 51.8 Å². The second kappa shape index (κ2) is 11.1. The maximum atomic E-state index is 12.2. The van der Waals surface area contributed by atoms with E-state index in [1.807, 2.05) is 36.4 Å². The Hall–Kier alpha value is -3.00. The van der Waals surface area contributed by atoms with Crippen molar-refractivity contribution in [3.05, 3.63) is 48.4 Å². The normalized spacial score (nSPS) is 13.8. The van der Waals surface area contributed by atoms with Gasteiger partial charge in [0.15, 0.2) is 12.6 Å². The number of aliphatic imine (C=N–C) groups is 1. The van der Waals surface area contributed by atoms with E-state index < -0.39 is 0 Å². The zero-order valence-corrected chi connectivity index (χ0v) is 16.7. The van der Waals surface area contributed by atoms with Crippen LogP contribution in [0.4, 0.5) is 5.69 Å². The van der Waals surface area contributed by atoms with Crippen LogP contribution in [0.1, 0.15) is 18.6 Å². The van der Waals surface area contributed by atoms with Gasteiger partial charge in [0.1, 0.15) is 18.1 Å². The molecule has 0 saturated heterocycles. The Morgan fingerprint density at radius 2 is 2.00 bits per heavy atom. The summed E-state index contributed by atoms with van der Waals surface area (Å²) in [5.74, 6) is 2.31. The van der Waals surface area contributed by atoms with Crippen molar-refractivity contribution in [3.8, 4) is 5.75 Å². The summed E-state index contributed by atoms with van der Waals surface area (Å²) in [6.07, 6.45) is 3.30. The molecule has 8 heteroatoms. The van der Waals surface area contributed by atoms with Gasteiger partial charge in [-0.25, -0.2) is 0 Å². The van der Waals surface area contributed by atoms with Gasteiger partial charge in [-0.3, -0.25) is 9.79 Å². The highest BCUT2D eigenvalue weighted by molar-refractivity contribution is 5.97. The number of nitrogens with one attached hydrogen (secondary N) is 2. The molecule has 0 fully saturated rings. The van der Waals surface area contributed by atoms with Crippen molar-refractivity contribution >= 4 is 17.6 Å². The van der Waals surface area contributed by atoms with E-state index in [2.05, 4.69) is 15.6 Å². The summed E-state index contributed by atoms with van der Waals surface area (Å²) in [6, 6.07) is 11.4. The molecule has 156 valence electrons. The lowest BCUT2D eigenvalue weighted by Crippen LogP contribution is -2.42. The van der Waals surface area contributed by atoms with Gasteiger partial charge in [0.05, 0.1) is 12.0 Å². The van der Waals surface area contributed by atoms with Gasteiger partial charge >= 0.3 is 0 Å². The summed E-state index contributed by atoms with van der Waals surface area (Å²) >= 11 is 0. The van der Waals surface area contributed by atoms with Crippen molar-refractivity contribution in [2.24, 2.45) is 4.99 Å². The summed E-state index contributed by atoms with van der Waals surface area (Å²) in [4.78, 5) is 18.2. The third-order valence-electron chi connectivity index (χ3n) is 4.47. The highest BCUT2D eigenvalue weighted by atomic mass is 16.5. The van der Waals surface area contributed by atoms with Gasteiger partial charge in [-0.1, -0.05) is 12.1 Å². The number of amides is 1. The molecule has 1 aromatic heterocycles. The molecule has 1 aliphatic heterocycles. The zero-order chi connectivity index (χ0) is 20.3. The van der Waals surface area contributed by atoms with Gasteiger partial charge < -0.3 is 29.4 Å². The van der Waals surface area contributed by atoms with Crippen molar-refractivity contribution in [2.45, 2.75) is 19.4 Å². The van der Waals surface area contributed by atoms with E-state index in [9.17, 15) is 4.79 Å². The van der Waals surface area contributed by atoms with Crippen LogP contribution in [0.5, 0.6) is 5.75 Å². The highest BCUT2D eigenvalue weighted by Gasteiger charge is 2.24. The summed E-state index contributed by atoms with van der Waals surface area (Å²) in [6.45, 7) is 3.32. The van der Waals surface area contributed by atoms with Crippen molar-refractivity contribution in [1.29, 1.82) is 0 Å². The van der Waals surface area contributed by atoms with E-state index in [1.165, 1.54) is 0 Å². The quantitative estimate of drug-likeness (QED) is 0.361. The maximum absolute atomic E-state index is 12.2. The topological polar surface area (TPSA) is 88.3 Å². The van der Waals surface area contributed by atoms with Crippen molar-refractivity contribution in [2.75, 3.05) is 44.8 Å². The number of furan rings is 1. The molecule has 0 unspecified atom stereocenters. The van der Waals surface area contributed by atoms with Crippen LogP contribution in [0.25, 0.3) is 0 Å². The number of rotatable bonds is 10. The van der Waals surface area contributed by atoms with Crippen LogP contribution in [-0.2, 0) is 16.1 Å². The van der Waals surface area contributed by atoms with Crippen LogP contribution >= 0.6 is 0 Å². The molecule has 0 saturated carbocycles. The highest BCUT2D eigenvalue weighted by Crippen LogP contribution is 2.31. The van der Waals surface area contributed by atoms with Gasteiger partial charge in [-0.2, -0.15) is 0 Å². The van der Waals surface area contributed by atoms with E-state index in [1.54, 1.807) is 18.2 Å². The Morgan fingerprint density at radius 1 is 1.17 bits per heavy atom. The lowest BCUT2D eigenvalue weighted by molar-refractivity contribution is -0.121. The molecule has 2 aromatic rings. The number of hydrogen-bond acceptors (Lipinski definition) is 5. The Bertz CT molecular complexity index is 792. The second-order valence-corrected chi connectivity index (χ2v) is 6.57. The Kier molecular flexibility index (Phi) is 7.94. The van der Waals surface area contributed by atoms with E-state index >= 15 is 0 Å². The predicted molar refractivity (Wildman–Crippen MR) is 111 cm³/mol. The monoisotopic (exact) mass is 400 g/mol. The van der Waals surface area contributed by atoms with E-state index in [0.29, 0.717) is 26.3 Å². The van der Waals surface area contributed by atoms with Gasteiger partial charge in [0, 0.05) is 33.3 Å². The first kappa shape index (κ1) is 20.7. The minimum absolute atomic E-state index is 0.0132. The van der Waals surface area contributed by atoms with E-state index in [4.69, 9.17) is 13.9 Å². The number of fused-ring (bicyclic) bond motifs is 1. The predicted octanol–water partition coefficient (Wildman–Crippen LogP) is 2.17. The SMILES string of the molecule is CN=C(NCCCOCc1ccco1)NCCCN1C(=O)COc2ccccc21. The molecular formula is C21H28N4O4. The molecule has 1 aromatic carbocycles. The van der Waals surface area contributed by atoms with Crippen molar-refractivity contribution < 1.29 is 18.7 Å². The fourth-order valence-electron chi connectivity index (χ4n) is 3.01. The number of benzene rings is 1. The van der Waals surface area contributed by atoms with Crippen LogP contribution in [0.15, 0.2) is 52.1 Å². The zero-order valence-electron chi connectivity index (χ0n) is 16.7. The fraction of sp³-hybridized carbons (Fsp3) is 0.429. The summed E-state index contributed by atoms with van der Waals surface area (Å²) in [5.41, 5.74) is 0.834. The van der Waals surface area contributed by atoms with E-state index in [0.717, 1.165) is 42.5 Å².